The SMILES string of the molecule is CC.CC1=CCC(=C2CCCCC2)C(C)=C1. The summed E-state index contributed by atoms with van der Waals surface area (Å²) < 4.78 is 0. The molecule has 0 aromatic rings. The van der Waals surface area contributed by atoms with E-state index in [1.54, 1.807) is 11.1 Å². The standard InChI is InChI=1S/C14H20.C2H6/c1-11-8-9-14(12(2)10-11)13-6-4-3-5-7-13;1-2/h8,10H,3-7,9H2,1-2H3;1-2H3. The van der Waals surface area contributed by atoms with E-state index in [0.29, 0.717) is 0 Å². The molecule has 0 heterocycles. The lowest BCUT2D eigenvalue weighted by atomic mass is 9.84. The molecule has 0 atom stereocenters. The Hall–Kier alpha value is -0.780. The van der Waals surface area contributed by atoms with Crippen LogP contribution in [-0.2, 0) is 0 Å². The van der Waals surface area contributed by atoms with Crippen molar-refractivity contribution < 1.29 is 0 Å². The van der Waals surface area contributed by atoms with Gasteiger partial charge in [0, 0.05) is 0 Å². The van der Waals surface area contributed by atoms with Crippen molar-refractivity contribution in [2.75, 3.05) is 0 Å². The Morgan fingerprint density at radius 3 is 2.12 bits per heavy atom. The Kier molecular flexibility index (Phi) is 5.59. The van der Waals surface area contributed by atoms with Gasteiger partial charge >= 0.3 is 0 Å². The lowest BCUT2D eigenvalue weighted by molar-refractivity contribution is 0.592. The lowest BCUT2D eigenvalue weighted by Gasteiger charge is -2.21. The van der Waals surface area contributed by atoms with E-state index in [9.17, 15) is 0 Å². The smallest absolute Gasteiger partial charge is 0.00896 e. The molecule has 0 amide bonds. The second-order valence-corrected chi connectivity index (χ2v) is 4.62. The van der Waals surface area contributed by atoms with Crippen LogP contribution in [0.5, 0.6) is 0 Å². The minimum Gasteiger partial charge on any atom is -0.0772 e. The molecule has 0 nitrogen and oxygen atoms in total. The monoisotopic (exact) mass is 218 g/mol. The summed E-state index contributed by atoms with van der Waals surface area (Å²) >= 11 is 0. The molecule has 0 aromatic carbocycles. The molecule has 0 saturated heterocycles. The molecule has 0 heteroatoms. The third-order valence-corrected chi connectivity index (χ3v) is 3.43. The molecule has 0 aliphatic heterocycles. The highest BCUT2D eigenvalue weighted by atomic mass is 14.2. The van der Waals surface area contributed by atoms with Gasteiger partial charge in [-0.3, -0.25) is 0 Å². The summed E-state index contributed by atoms with van der Waals surface area (Å²) in [4.78, 5) is 0. The third kappa shape index (κ3) is 3.37. The summed E-state index contributed by atoms with van der Waals surface area (Å²) in [7, 11) is 0. The average molecular weight is 218 g/mol. The van der Waals surface area contributed by atoms with Gasteiger partial charge in [-0.15, -0.1) is 0 Å². The Morgan fingerprint density at radius 2 is 1.56 bits per heavy atom. The van der Waals surface area contributed by atoms with Crippen LogP contribution in [0.3, 0.4) is 0 Å². The van der Waals surface area contributed by atoms with Gasteiger partial charge in [0.15, 0.2) is 0 Å². The summed E-state index contributed by atoms with van der Waals surface area (Å²) in [6, 6.07) is 0. The van der Waals surface area contributed by atoms with Gasteiger partial charge in [-0.1, -0.05) is 43.6 Å². The van der Waals surface area contributed by atoms with Crippen LogP contribution in [0.1, 0.15) is 66.2 Å². The maximum absolute atomic E-state index is 2.37. The zero-order valence-corrected chi connectivity index (χ0v) is 11.4. The molecule has 0 aromatic heterocycles. The topological polar surface area (TPSA) is 0 Å². The van der Waals surface area contributed by atoms with E-state index in [4.69, 9.17) is 0 Å². The zero-order valence-electron chi connectivity index (χ0n) is 11.4. The fraction of sp³-hybridized carbons (Fsp3) is 0.625. The van der Waals surface area contributed by atoms with Crippen molar-refractivity contribution in [1.82, 2.24) is 0 Å². The Labute approximate surface area is 101 Å². The van der Waals surface area contributed by atoms with Crippen LogP contribution in [-0.4, -0.2) is 0 Å². The van der Waals surface area contributed by atoms with Crippen LogP contribution in [0.25, 0.3) is 0 Å². The highest BCUT2D eigenvalue weighted by Crippen LogP contribution is 2.33. The fourth-order valence-electron chi connectivity index (χ4n) is 2.62. The minimum absolute atomic E-state index is 1.18. The molecule has 1 saturated carbocycles. The lowest BCUT2D eigenvalue weighted by Crippen LogP contribution is -2.02. The second kappa shape index (κ2) is 6.73. The Balaban J connectivity index is 0.000000606. The number of rotatable bonds is 0. The van der Waals surface area contributed by atoms with Crippen LogP contribution >= 0.6 is 0 Å². The molecule has 0 unspecified atom stereocenters. The first kappa shape index (κ1) is 13.3. The van der Waals surface area contributed by atoms with Crippen molar-refractivity contribution in [1.29, 1.82) is 0 Å². The summed E-state index contributed by atoms with van der Waals surface area (Å²) in [5, 5.41) is 0. The molecule has 16 heavy (non-hydrogen) atoms. The maximum atomic E-state index is 2.37. The van der Waals surface area contributed by atoms with E-state index in [1.165, 1.54) is 49.7 Å². The van der Waals surface area contributed by atoms with Gasteiger partial charge in [0.2, 0.25) is 0 Å². The average Bonchev–Trinajstić information content (AvgIpc) is 2.33. The second-order valence-electron chi connectivity index (χ2n) is 4.62. The minimum atomic E-state index is 1.18. The highest BCUT2D eigenvalue weighted by Gasteiger charge is 2.13. The van der Waals surface area contributed by atoms with Crippen molar-refractivity contribution in [3.8, 4) is 0 Å². The van der Waals surface area contributed by atoms with Crippen LogP contribution in [0.15, 0.2) is 34.4 Å². The highest BCUT2D eigenvalue weighted by molar-refractivity contribution is 5.44. The van der Waals surface area contributed by atoms with E-state index >= 15 is 0 Å². The molecule has 2 aliphatic carbocycles. The van der Waals surface area contributed by atoms with Gasteiger partial charge in [0.1, 0.15) is 0 Å². The predicted octanol–water partition coefficient (Wildman–Crippen LogP) is 5.57. The Morgan fingerprint density at radius 1 is 0.938 bits per heavy atom. The van der Waals surface area contributed by atoms with Crippen LogP contribution in [0.2, 0.25) is 0 Å². The third-order valence-electron chi connectivity index (χ3n) is 3.43. The largest absolute Gasteiger partial charge is 0.0772 e. The first-order valence-electron chi connectivity index (χ1n) is 6.83. The van der Waals surface area contributed by atoms with Gasteiger partial charge in [0.05, 0.1) is 0 Å². The zero-order chi connectivity index (χ0) is 12.0. The predicted molar refractivity (Wildman–Crippen MR) is 73.6 cm³/mol. The number of allylic oxidation sites excluding steroid dienone is 6. The van der Waals surface area contributed by atoms with Crippen LogP contribution in [0, 0.1) is 0 Å². The molecule has 90 valence electrons. The quantitative estimate of drug-likeness (QED) is 0.498. The summed E-state index contributed by atoms with van der Waals surface area (Å²) in [5.74, 6) is 0. The van der Waals surface area contributed by atoms with Gasteiger partial charge in [-0.2, -0.15) is 0 Å². The van der Waals surface area contributed by atoms with E-state index in [1.807, 2.05) is 13.8 Å². The van der Waals surface area contributed by atoms with E-state index in [-0.39, 0.29) is 0 Å². The molecule has 0 spiro atoms. The van der Waals surface area contributed by atoms with Gasteiger partial charge in [0.25, 0.3) is 0 Å². The molecular weight excluding hydrogens is 192 g/mol. The van der Waals surface area contributed by atoms with Crippen molar-refractivity contribution in [3.63, 3.8) is 0 Å². The maximum Gasteiger partial charge on any atom is -0.00896 e. The molecule has 2 rings (SSSR count). The molecule has 0 bridgehead atoms. The van der Waals surface area contributed by atoms with E-state index in [2.05, 4.69) is 26.0 Å². The van der Waals surface area contributed by atoms with Crippen molar-refractivity contribution >= 4 is 0 Å². The van der Waals surface area contributed by atoms with Gasteiger partial charge < -0.3 is 0 Å². The molecule has 0 N–H and O–H groups in total. The Bertz CT molecular complexity index is 305. The first-order valence-corrected chi connectivity index (χ1v) is 6.83. The summed E-state index contributed by atoms with van der Waals surface area (Å²) in [6.45, 7) is 8.47. The van der Waals surface area contributed by atoms with E-state index in [0.717, 1.165) is 0 Å². The molecular formula is C16H26. The van der Waals surface area contributed by atoms with Crippen molar-refractivity contribution in [2.24, 2.45) is 0 Å². The number of hydrogen-bond acceptors (Lipinski definition) is 0. The normalized spacial score (nSPS) is 20.8. The fourth-order valence-corrected chi connectivity index (χ4v) is 2.62. The van der Waals surface area contributed by atoms with Gasteiger partial charge in [-0.05, 0) is 57.1 Å². The van der Waals surface area contributed by atoms with Crippen molar-refractivity contribution in [2.45, 2.75) is 66.2 Å². The molecule has 1 fully saturated rings. The van der Waals surface area contributed by atoms with Crippen LogP contribution in [0.4, 0.5) is 0 Å². The van der Waals surface area contributed by atoms with Gasteiger partial charge in [-0.25, -0.2) is 0 Å². The molecule has 2 aliphatic rings. The summed E-state index contributed by atoms with van der Waals surface area (Å²) in [5.41, 5.74) is 6.34. The number of hydrogen-bond donors (Lipinski definition) is 0. The van der Waals surface area contributed by atoms with Crippen LogP contribution < -0.4 is 0 Å². The molecule has 0 radical (unpaired) electrons. The first-order chi connectivity index (χ1) is 7.77. The van der Waals surface area contributed by atoms with Crippen molar-refractivity contribution in [3.05, 3.63) is 34.4 Å². The summed E-state index contributed by atoms with van der Waals surface area (Å²) in [6.07, 6.45) is 12.9. The van der Waals surface area contributed by atoms with E-state index < -0.39 is 0 Å².